The van der Waals surface area contributed by atoms with Gasteiger partial charge in [-0.2, -0.15) is 0 Å². The monoisotopic (exact) mass is 336 g/mol. The Morgan fingerprint density at radius 2 is 1.12 bits per heavy atom. The molecule has 3 fully saturated rings. The molecule has 136 valence electrons. The minimum absolute atomic E-state index is 0.154. The minimum Gasteiger partial charge on any atom is -0.246 e. The Balaban J connectivity index is 1.47. The summed E-state index contributed by atoms with van der Waals surface area (Å²) in [4.78, 5) is 0. The van der Waals surface area contributed by atoms with Gasteiger partial charge in [0, 0.05) is 5.92 Å². The van der Waals surface area contributed by atoms with Crippen molar-refractivity contribution in [1.82, 2.24) is 0 Å². The molecule has 0 aromatic heterocycles. The van der Waals surface area contributed by atoms with E-state index in [1.165, 1.54) is 38.5 Å². The van der Waals surface area contributed by atoms with Gasteiger partial charge in [-0.15, -0.1) is 0 Å². The smallest absolute Gasteiger partial charge is 0.117 e. The lowest BCUT2D eigenvalue weighted by molar-refractivity contribution is 0.0813. The Bertz CT molecular complexity index is 434. The zero-order chi connectivity index (χ0) is 17.1. The first kappa shape index (κ1) is 18.2. The third-order valence-corrected chi connectivity index (χ3v) is 6.99. The molecule has 0 saturated heterocycles. The maximum atomic E-state index is 14.1. The summed E-state index contributed by atoms with van der Waals surface area (Å²) < 4.78 is 28.2. The molecule has 0 aliphatic heterocycles. The summed E-state index contributed by atoms with van der Waals surface area (Å²) in [5, 5.41) is 0. The average Bonchev–Trinajstić information content (AvgIpc) is 2.55. The van der Waals surface area contributed by atoms with Crippen LogP contribution in [0.2, 0.25) is 0 Å². The molecule has 0 aromatic rings. The predicted molar refractivity (Wildman–Crippen MR) is 96.0 cm³/mol. The quantitative estimate of drug-likeness (QED) is 0.490. The van der Waals surface area contributed by atoms with E-state index in [0.29, 0.717) is 18.8 Å². The molecule has 2 heteroatoms. The molecular formula is C22H34F2. The molecule has 2 atom stereocenters. The highest BCUT2D eigenvalue weighted by atomic mass is 19.1. The number of hydrogen-bond acceptors (Lipinski definition) is 0. The molecule has 3 aliphatic rings. The van der Waals surface area contributed by atoms with Crippen molar-refractivity contribution in [3.8, 4) is 11.8 Å². The second-order valence-electron chi connectivity index (χ2n) is 9.05. The summed E-state index contributed by atoms with van der Waals surface area (Å²) in [5.74, 6) is 8.88. The van der Waals surface area contributed by atoms with Crippen LogP contribution < -0.4 is 0 Å². The van der Waals surface area contributed by atoms with E-state index >= 15 is 0 Å². The summed E-state index contributed by atoms with van der Waals surface area (Å²) in [7, 11) is 0. The molecule has 0 amide bonds. The number of rotatable bonds is 1. The van der Waals surface area contributed by atoms with Gasteiger partial charge in [-0.05, 0) is 75.0 Å². The van der Waals surface area contributed by atoms with Gasteiger partial charge < -0.3 is 0 Å². The first-order valence-electron chi connectivity index (χ1n) is 10.3. The van der Waals surface area contributed by atoms with Crippen molar-refractivity contribution < 1.29 is 8.78 Å². The summed E-state index contributed by atoms with van der Waals surface area (Å²) >= 11 is 0. The molecule has 0 spiro atoms. The highest BCUT2D eigenvalue weighted by molar-refractivity contribution is 5.13. The molecule has 0 bridgehead atoms. The van der Waals surface area contributed by atoms with E-state index < -0.39 is 18.3 Å². The van der Waals surface area contributed by atoms with E-state index in [-0.39, 0.29) is 5.92 Å². The average molecular weight is 337 g/mol. The van der Waals surface area contributed by atoms with E-state index in [4.69, 9.17) is 0 Å². The van der Waals surface area contributed by atoms with Crippen molar-refractivity contribution in [1.29, 1.82) is 0 Å². The van der Waals surface area contributed by atoms with Crippen LogP contribution in [0.3, 0.4) is 0 Å². The maximum absolute atomic E-state index is 14.1. The molecule has 3 saturated carbocycles. The van der Waals surface area contributed by atoms with Crippen LogP contribution in [0.4, 0.5) is 8.78 Å². The molecule has 0 nitrogen and oxygen atoms in total. The van der Waals surface area contributed by atoms with E-state index in [9.17, 15) is 8.78 Å². The van der Waals surface area contributed by atoms with Crippen LogP contribution in [0, 0.1) is 47.3 Å². The Morgan fingerprint density at radius 3 is 1.67 bits per heavy atom. The highest BCUT2D eigenvalue weighted by Crippen LogP contribution is 2.41. The molecule has 3 rings (SSSR count). The van der Waals surface area contributed by atoms with E-state index in [0.717, 1.165) is 30.6 Å². The van der Waals surface area contributed by atoms with Crippen LogP contribution in [0.25, 0.3) is 0 Å². The Morgan fingerprint density at radius 1 is 0.625 bits per heavy atom. The number of alkyl halides is 2. The van der Waals surface area contributed by atoms with Crippen LogP contribution in [0.15, 0.2) is 0 Å². The van der Waals surface area contributed by atoms with Gasteiger partial charge >= 0.3 is 0 Å². The van der Waals surface area contributed by atoms with E-state index in [1.807, 2.05) is 6.92 Å². The summed E-state index contributed by atoms with van der Waals surface area (Å²) in [5.41, 5.74) is 0. The van der Waals surface area contributed by atoms with Gasteiger partial charge in [-0.3, -0.25) is 0 Å². The first-order chi connectivity index (χ1) is 11.5. The van der Waals surface area contributed by atoms with E-state index in [1.54, 1.807) is 0 Å². The normalized spacial score (nSPS) is 46.8. The first-order valence-corrected chi connectivity index (χ1v) is 10.3. The van der Waals surface area contributed by atoms with Crippen LogP contribution in [0.5, 0.6) is 0 Å². The molecule has 0 aromatic carbocycles. The van der Waals surface area contributed by atoms with Crippen molar-refractivity contribution in [2.75, 3.05) is 0 Å². The maximum Gasteiger partial charge on any atom is 0.117 e. The van der Waals surface area contributed by atoms with Gasteiger partial charge in [-0.1, -0.05) is 38.5 Å². The van der Waals surface area contributed by atoms with Crippen molar-refractivity contribution in [2.24, 2.45) is 35.5 Å². The third-order valence-electron chi connectivity index (χ3n) is 6.99. The fourth-order valence-corrected chi connectivity index (χ4v) is 5.27. The van der Waals surface area contributed by atoms with Gasteiger partial charge in [0.1, 0.15) is 12.3 Å². The Hall–Kier alpha value is -0.580. The highest BCUT2D eigenvalue weighted by Gasteiger charge is 2.36. The van der Waals surface area contributed by atoms with Crippen LogP contribution >= 0.6 is 0 Å². The zero-order valence-corrected chi connectivity index (χ0v) is 15.4. The lowest BCUT2D eigenvalue weighted by Crippen LogP contribution is -2.33. The molecule has 3 aliphatic carbocycles. The Kier molecular flexibility index (Phi) is 6.22. The number of halogens is 2. The van der Waals surface area contributed by atoms with Crippen LogP contribution in [0.1, 0.15) is 78.1 Å². The van der Waals surface area contributed by atoms with Crippen molar-refractivity contribution in [3.63, 3.8) is 0 Å². The van der Waals surface area contributed by atoms with Gasteiger partial charge in [0.2, 0.25) is 0 Å². The van der Waals surface area contributed by atoms with E-state index in [2.05, 4.69) is 18.8 Å². The SMILES string of the molecule is CC1CCC(C2CCC(C#CC3C(F)CC(C)CC3F)CC2)CC1. The molecule has 0 N–H and O–H groups in total. The second kappa shape index (κ2) is 8.20. The molecule has 24 heavy (non-hydrogen) atoms. The second-order valence-corrected chi connectivity index (χ2v) is 9.05. The zero-order valence-electron chi connectivity index (χ0n) is 15.4. The summed E-state index contributed by atoms with van der Waals surface area (Å²) in [6.07, 6.45) is 9.27. The molecule has 0 radical (unpaired) electrons. The fraction of sp³-hybridized carbons (Fsp3) is 0.909. The van der Waals surface area contributed by atoms with Gasteiger partial charge in [0.05, 0.1) is 5.92 Å². The minimum atomic E-state index is -1.07. The molecular weight excluding hydrogens is 302 g/mol. The third kappa shape index (κ3) is 4.53. The fourth-order valence-electron chi connectivity index (χ4n) is 5.27. The Labute approximate surface area is 147 Å². The van der Waals surface area contributed by atoms with Gasteiger partial charge in [-0.25, -0.2) is 8.78 Å². The summed E-state index contributed by atoms with van der Waals surface area (Å²) in [6, 6.07) is 0. The summed E-state index contributed by atoms with van der Waals surface area (Å²) in [6.45, 7) is 4.32. The number of hydrogen-bond donors (Lipinski definition) is 0. The van der Waals surface area contributed by atoms with Crippen molar-refractivity contribution in [3.05, 3.63) is 0 Å². The van der Waals surface area contributed by atoms with Gasteiger partial charge in [0.25, 0.3) is 0 Å². The lowest BCUT2D eigenvalue weighted by Gasteiger charge is -2.36. The van der Waals surface area contributed by atoms with Crippen LogP contribution in [-0.4, -0.2) is 12.3 Å². The van der Waals surface area contributed by atoms with Crippen molar-refractivity contribution in [2.45, 2.75) is 90.4 Å². The standard InChI is InChI=1S/C22H34F2/c1-15-3-8-18(9-4-15)19-10-5-17(6-11-19)7-12-20-21(23)13-16(2)14-22(20)24/h15-22H,3-6,8-11,13-14H2,1-2H3. The van der Waals surface area contributed by atoms with Crippen LogP contribution in [-0.2, 0) is 0 Å². The van der Waals surface area contributed by atoms with Gasteiger partial charge in [0.15, 0.2) is 0 Å². The lowest BCUT2D eigenvalue weighted by atomic mass is 9.69. The largest absolute Gasteiger partial charge is 0.246 e. The molecule has 0 heterocycles. The predicted octanol–water partition coefficient (Wildman–Crippen LogP) is 6.34. The molecule has 2 unspecified atom stereocenters. The van der Waals surface area contributed by atoms with Crippen molar-refractivity contribution >= 4 is 0 Å². The topological polar surface area (TPSA) is 0 Å².